The second kappa shape index (κ2) is 4.40. The molecule has 0 aromatic carbocycles. The van der Waals surface area contributed by atoms with Crippen molar-refractivity contribution >= 4 is 21.4 Å². The summed E-state index contributed by atoms with van der Waals surface area (Å²) in [5.41, 5.74) is -0.297. The van der Waals surface area contributed by atoms with Gasteiger partial charge in [-0.05, 0) is 17.7 Å². The van der Waals surface area contributed by atoms with E-state index >= 15 is 0 Å². The summed E-state index contributed by atoms with van der Waals surface area (Å²) in [6, 6.07) is 2.30. The molecule has 0 unspecified atom stereocenters. The molecule has 0 amide bonds. The third-order valence-electron chi connectivity index (χ3n) is 1.53. The Morgan fingerprint density at radius 1 is 1.47 bits per heavy atom. The molecule has 0 spiro atoms. The second-order valence-corrected chi connectivity index (χ2v) is 5.62. The molecule has 1 aromatic rings. The second-order valence-electron chi connectivity index (χ2n) is 3.09. The molecule has 84 valence electrons. The molecule has 0 saturated heterocycles. The minimum atomic E-state index is -3.27. The van der Waals surface area contributed by atoms with Gasteiger partial charge in [-0.2, -0.15) is 0 Å². The summed E-state index contributed by atoms with van der Waals surface area (Å²) in [4.78, 5) is 3.38. The van der Waals surface area contributed by atoms with E-state index in [0.29, 0.717) is 0 Å². The fraction of sp³-hybridized carbons (Fsp3) is 0.375. The summed E-state index contributed by atoms with van der Waals surface area (Å²) in [6.07, 6.45) is -1.74. The van der Waals surface area contributed by atoms with E-state index in [1.165, 1.54) is 6.07 Å². The number of rotatable bonds is 3. The zero-order chi connectivity index (χ0) is 11.6. The van der Waals surface area contributed by atoms with Crippen LogP contribution in [0.1, 0.15) is 17.7 Å². The van der Waals surface area contributed by atoms with E-state index in [2.05, 4.69) is 4.98 Å². The Labute approximate surface area is 91.0 Å². The van der Waals surface area contributed by atoms with Gasteiger partial charge in [0.05, 0.1) is 5.75 Å². The molecule has 1 heterocycles. The maximum absolute atomic E-state index is 12.3. The summed E-state index contributed by atoms with van der Waals surface area (Å²) in [6.45, 7) is 0. The van der Waals surface area contributed by atoms with Crippen molar-refractivity contribution in [3.63, 3.8) is 0 Å². The SMILES string of the molecule is CS(=O)(=O)Cc1cc(Cl)nc(C(F)F)c1. The number of sulfone groups is 1. The number of aromatic nitrogens is 1. The van der Waals surface area contributed by atoms with Gasteiger partial charge in [-0.15, -0.1) is 0 Å². The molecule has 0 aliphatic rings. The molecule has 3 nitrogen and oxygen atoms in total. The highest BCUT2D eigenvalue weighted by Crippen LogP contribution is 2.21. The highest BCUT2D eigenvalue weighted by molar-refractivity contribution is 7.89. The summed E-state index contributed by atoms with van der Waals surface area (Å²) in [7, 11) is -3.27. The lowest BCUT2D eigenvalue weighted by Crippen LogP contribution is -2.02. The van der Waals surface area contributed by atoms with Crippen LogP contribution < -0.4 is 0 Å². The van der Waals surface area contributed by atoms with E-state index in [1.807, 2.05) is 0 Å². The number of alkyl halides is 2. The smallest absolute Gasteiger partial charge is 0.235 e. The average Bonchev–Trinajstić information content (AvgIpc) is 1.99. The highest BCUT2D eigenvalue weighted by Gasteiger charge is 2.13. The summed E-state index contributed by atoms with van der Waals surface area (Å²) >= 11 is 5.48. The lowest BCUT2D eigenvalue weighted by Gasteiger charge is -2.04. The number of hydrogen-bond donors (Lipinski definition) is 0. The van der Waals surface area contributed by atoms with Gasteiger partial charge in [-0.25, -0.2) is 22.2 Å². The van der Waals surface area contributed by atoms with Gasteiger partial charge in [0.2, 0.25) is 0 Å². The van der Waals surface area contributed by atoms with Crippen molar-refractivity contribution in [2.24, 2.45) is 0 Å². The van der Waals surface area contributed by atoms with Gasteiger partial charge in [0.15, 0.2) is 9.84 Å². The fourth-order valence-electron chi connectivity index (χ4n) is 1.07. The predicted octanol–water partition coefficient (Wildman–Crippen LogP) is 2.22. The van der Waals surface area contributed by atoms with Gasteiger partial charge in [0.25, 0.3) is 6.43 Å². The van der Waals surface area contributed by atoms with Crippen LogP contribution in [0.5, 0.6) is 0 Å². The topological polar surface area (TPSA) is 47.0 Å². The predicted molar refractivity (Wildman–Crippen MR) is 52.8 cm³/mol. The van der Waals surface area contributed by atoms with Crippen molar-refractivity contribution in [3.8, 4) is 0 Å². The Kier molecular flexibility index (Phi) is 3.62. The van der Waals surface area contributed by atoms with Crippen LogP contribution in [0, 0.1) is 0 Å². The first-order chi connectivity index (χ1) is 6.78. The van der Waals surface area contributed by atoms with Crippen molar-refractivity contribution in [2.45, 2.75) is 12.2 Å². The van der Waals surface area contributed by atoms with E-state index < -0.39 is 22.0 Å². The molecule has 0 atom stereocenters. The van der Waals surface area contributed by atoms with Crippen molar-refractivity contribution in [2.75, 3.05) is 6.26 Å². The molecule has 0 N–H and O–H groups in total. The molecule has 0 saturated carbocycles. The maximum atomic E-state index is 12.3. The van der Waals surface area contributed by atoms with Crippen LogP contribution in [-0.4, -0.2) is 19.7 Å². The maximum Gasteiger partial charge on any atom is 0.280 e. The quantitative estimate of drug-likeness (QED) is 0.778. The van der Waals surface area contributed by atoms with Gasteiger partial charge >= 0.3 is 0 Å². The number of hydrogen-bond acceptors (Lipinski definition) is 3. The molecule has 0 radical (unpaired) electrons. The van der Waals surface area contributed by atoms with Gasteiger partial charge in [-0.3, -0.25) is 0 Å². The third-order valence-corrected chi connectivity index (χ3v) is 2.58. The molecular formula is C8H8ClF2NO2S. The summed E-state index contributed by atoms with van der Waals surface area (Å²) in [5, 5.41) is -0.133. The van der Waals surface area contributed by atoms with Crippen LogP contribution in [0.15, 0.2) is 12.1 Å². The van der Waals surface area contributed by atoms with E-state index in [0.717, 1.165) is 12.3 Å². The van der Waals surface area contributed by atoms with E-state index in [1.54, 1.807) is 0 Å². The fourth-order valence-corrected chi connectivity index (χ4v) is 2.08. The van der Waals surface area contributed by atoms with Crippen molar-refractivity contribution < 1.29 is 17.2 Å². The average molecular weight is 256 g/mol. The molecule has 1 rings (SSSR count). The normalized spacial score (nSPS) is 12.1. The minimum absolute atomic E-state index is 0.133. The minimum Gasteiger partial charge on any atom is -0.235 e. The standard InChI is InChI=1S/C8H8ClF2NO2S/c1-15(13,14)4-5-2-6(8(10)11)12-7(9)3-5/h2-3,8H,4H2,1H3. The van der Waals surface area contributed by atoms with Crippen LogP contribution in [0.4, 0.5) is 8.78 Å². The molecule has 1 aromatic heterocycles. The Morgan fingerprint density at radius 3 is 2.53 bits per heavy atom. The Balaban J connectivity index is 3.10. The van der Waals surface area contributed by atoms with Gasteiger partial charge in [-0.1, -0.05) is 11.6 Å². The van der Waals surface area contributed by atoms with Crippen LogP contribution in [0.25, 0.3) is 0 Å². The monoisotopic (exact) mass is 255 g/mol. The number of halogens is 3. The highest BCUT2D eigenvalue weighted by atomic mass is 35.5. The van der Waals surface area contributed by atoms with Gasteiger partial charge < -0.3 is 0 Å². The Hall–Kier alpha value is -0.750. The summed E-state index contributed by atoms with van der Waals surface area (Å²) in [5.74, 6) is -0.324. The number of pyridine rings is 1. The Morgan fingerprint density at radius 2 is 2.07 bits per heavy atom. The van der Waals surface area contributed by atoms with Crippen molar-refractivity contribution in [1.29, 1.82) is 0 Å². The van der Waals surface area contributed by atoms with E-state index in [4.69, 9.17) is 11.6 Å². The van der Waals surface area contributed by atoms with Crippen molar-refractivity contribution in [1.82, 2.24) is 4.98 Å². The summed E-state index contributed by atoms with van der Waals surface area (Å²) < 4.78 is 46.5. The molecule has 0 aliphatic heterocycles. The molecule has 7 heteroatoms. The van der Waals surface area contributed by atoms with Crippen LogP contribution in [-0.2, 0) is 15.6 Å². The van der Waals surface area contributed by atoms with Crippen LogP contribution in [0.3, 0.4) is 0 Å². The van der Waals surface area contributed by atoms with Crippen LogP contribution in [0.2, 0.25) is 5.15 Å². The first-order valence-electron chi connectivity index (χ1n) is 3.90. The first-order valence-corrected chi connectivity index (χ1v) is 6.34. The first kappa shape index (κ1) is 12.3. The van der Waals surface area contributed by atoms with Crippen LogP contribution >= 0.6 is 11.6 Å². The van der Waals surface area contributed by atoms with E-state index in [9.17, 15) is 17.2 Å². The largest absolute Gasteiger partial charge is 0.280 e. The lowest BCUT2D eigenvalue weighted by molar-refractivity contribution is 0.146. The molecular weight excluding hydrogens is 248 g/mol. The Bertz CT molecular complexity index is 462. The zero-order valence-electron chi connectivity index (χ0n) is 7.75. The number of nitrogens with zero attached hydrogens (tertiary/aromatic N) is 1. The zero-order valence-corrected chi connectivity index (χ0v) is 9.32. The lowest BCUT2D eigenvalue weighted by atomic mass is 10.2. The molecule has 15 heavy (non-hydrogen) atoms. The van der Waals surface area contributed by atoms with Gasteiger partial charge in [0.1, 0.15) is 10.8 Å². The molecule has 0 fully saturated rings. The van der Waals surface area contributed by atoms with Crippen molar-refractivity contribution in [3.05, 3.63) is 28.5 Å². The third kappa shape index (κ3) is 4.09. The molecule has 0 aliphatic carbocycles. The van der Waals surface area contributed by atoms with E-state index in [-0.39, 0.29) is 16.5 Å². The van der Waals surface area contributed by atoms with Gasteiger partial charge in [0, 0.05) is 6.26 Å². The molecule has 0 bridgehead atoms.